The fraction of sp³-hybridized carbons (Fsp3) is 0.231. The van der Waals surface area contributed by atoms with Gasteiger partial charge in [0.1, 0.15) is 11.8 Å². The molecule has 0 aliphatic rings. The van der Waals surface area contributed by atoms with Crippen LogP contribution in [0.1, 0.15) is 22.2 Å². The van der Waals surface area contributed by atoms with E-state index in [2.05, 4.69) is 20.2 Å². The van der Waals surface area contributed by atoms with Gasteiger partial charge in [0.2, 0.25) is 0 Å². The first kappa shape index (κ1) is 15.5. The van der Waals surface area contributed by atoms with Crippen LogP contribution >= 0.6 is 0 Å². The maximum Gasteiger partial charge on any atom is 0.353 e. The number of nitrogens with one attached hydrogen (secondary N) is 1. The zero-order valence-electron chi connectivity index (χ0n) is 11.3. The SMILES string of the molecule is [N-]=[N+]=NCC(O)C(O)c1ccc(-c2cc(C(=O)O)[nH]n2)cc1. The minimum Gasteiger partial charge on any atom is -0.477 e. The Morgan fingerprint density at radius 2 is 2.05 bits per heavy atom. The topological polar surface area (TPSA) is 155 Å². The normalized spacial score (nSPS) is 13.2. The predicted molar refractivity (Wildman–Crippen MR) is 76.0 cm³/mol. The van der Waals surface area contributed by atoms with Crippen LogP contribution in [0, 0.1) is 0 Å². The summed E-state index contributed by atoms with van der Waals surface area (Å²) in [5.74, 6) is -1.10. The number of aliphatic hydroxyl groups is 2. The van der Waals surface area contributed by atoms with E-state index < -0.39 is 18.2 Å². The molecular weight excluding hydrogens is 290 g/mol. The van der Waals surface area contributed by atoms with Crippen LogP contribution in [0.5, 0.6) is 0 Å². The maximum absolute atomic E-state index is 10.8. The molecule has 4 N–H and O–H groups in total. The lowest BCUT2D eigenvalue weighted by Crippen LogP contribution is -2.21. The van der Waals surface area contributed by atoms with E-state index in [1.807, 2.05) is 0 Å². The molecule has 0 saturated carbocycles. The number of aromatic carboxylic acids is 1. The van der Waals surface area contributed by atoms with E-state index in [0.717, 1.165) is 0 Å². The number of hydrogen-bond donors (Lipinski definition) is 4. The Hall–Kier alpha value is -2.87. The third-order valence-corrected chi connectivity index (χ3v) is 3.05. The number of azide groups is 1. The smallest absolute Gasteiger partial charge is 0.353 e. The highest BCUT2D eigenvalue weighted by atomic mass is 16.4. The van der Waals surface area contributed by atoms with Gasteiger partial charge in [-0.1, -0.05) is 29.4 Å². The van der Waals surface area contributed by atoms with Gasteiger partial charge < -0.3 is 15.3 Å². The van der Waals surface area contributed by atoms with Crippen LogP contribution in [-0.4, -0.2) is 44.1 Å². The molecule has 1 aromatic carbocycles. The molecule has 0 spiro atoms. The van der Waals surface area contributed by atoms with Crippen molar-refractivity contribution in [2.75, 3.05) is 6.54 Å². The summed E-state index contributed by atoms with van der Waals surface area (Å²) in [6.07, 6.45) is -2.39. The number of aromatic amines is 1. The van der Waals surface area contributed by atoms with Gasteiger partial charge in [-0.2, -0.15) is 5.10 Å². The van der Waals surface area contributed by atoms with Gasteiger partial charge in [0.05, 0.1) is 18.3 Å². The number of carboxylic acid groups (broad SMARTS) is 1. The molecule has 0 saturated heterocycles. The molecule has 2 unspecified atom stereocenters. The Balaban J connectivity index is 2.15. The van der Waals surface area contributed by atoms with Gasteiger partial charge in [0.15, 0.2) is 0 Å². The third kappa shape index (κ3) is 3.41. The van der Waals surface area contributed by atoms with Gasteiger partial charge in [0, 0.05) is 10.5 Å². The molecule has 0 bridgehead atoms. The third-order valence-electron chi connectivity index (χ3n) is 3.05. The molecule has 9 nitrogen and oxygen atoms in total. The van der Waals surface area contributed by atoms with Crippen LogP contribution in [-0.2, 0) is 0 Å². The standard InChI is InChI=1S/C13H13N5O4/c14-18-15-6-11(19)12(20)8-3-1-7(2-4-8)9-5-10(13(21)22)17-16-9/h1-5,11-12,19-20H,6H2,(H,16,17)(H,21,22). The molecule has 0 amide bonds. The average Bonchev–Trinajstić information content (AvgIpc) is 3.02. The number of carbonyl (C=O) groups is 1. The molecule has 0 radical (unpaired) electrons. The summed E-state index contributed by atoms with van der Waals surface area (Å²) in [5.41, 5.74) is 9.71. The van der Waals surface area contributed by atoms with E-state index in [1.165, 1.54) is 6.07 Å². The van der Waals surface area contributed by atoms with E-state index in [4.69, 9.17) is 10.6 Å². The molecule has 9 heteroatoms. The number of H-pyrrole nitrogens is 1. The van der Waals surface area contributed by atoms with E-state index >= 15 is 0 Å². The average molecular weight is 303 g/mol. The number of benzene rings is 1. The summed E-state index contributed by atoms with van der Waals surface area (Å²) in [6, 6.07) is 7.83. The van der Waals surface area contributed by atoms with Crippen LogP contribution in [0.3, 0.4) is 0 Å². The number of carboxylic acids is 1. The molecule has 2 rings (SSSR count). The molecule has 1 aromatic heterocycles. The number of rotatable bonds is 6. The van der Waals surface area contributed by atoms with Crippen molar-refractivity contribution in [1.82, 2.24) is 10.2 Å². The first-order valence-corrected chi connectivity index (χ1v) is 6.29. The lowest BCUT2D eigenvalue weighted by atomic mass is 10.0. The van der Waals surface area contributed by atoms with Crippen LogP contribution in [0.25, 0.3) is 21.7 Å². The number of hydrogen-bond acceptors (Lipinski definition) is 5. The van der Waals surface area contributed by atoms with Gasteiger partial charge in [-0.15, -0.1) is 0 Å². The van der Waals surface area contributed by atoms with Gasteiger partial charge in [-0.05, 0) is 17.2 Å². The number of aromatic nitrogens is 2. The van der Waals surface area contributed by atoms with Crippen molar-refractivity contribution in [2.45, 2.75) is 12.2 Å². The van der Waals surface area contributed by atoms with Crippen molar-refractivity contribution in [3.63, 3.8) is 0 Å². The summed E-state index contributed by atoms with van der Waals surface area (Å²) in [6.45, 7) is -0.235. The Morgan fingerprint density at radius 3 is 2.59 bits per heavy atom. The van der Waals surface area contributed by atoms with Crippen molar-refractivity contribution >= 4 is 5.97 Å². The zero-order valence-corrected chi connectivity index (χ0v) is 11.3. The Morgan fingerprint density at radius 1 is 1.36 bits per heavy atom. The Bertz CT molecular complexity index is 705. The summed E-state index contributed by atoms with van der Waals surface area (Å²) in [7, 11) is 0. The highest BCUT2D eigenvalue weighted by molar-refractivity contribution is 5.86. The minimum absolute atomic E-state index is 0.0242. The first-order chi connectivity index (χ1) is 10.5. The van der Waals surface area contributed by atoms with Gasteiger partial charge in [0.25, 0.3) is 0 Å². The minimum atomic E-state index is -1.20. The molecule has 1 heterocycles. The molecule has 2 atom stereocenters. The first-order valence-electron chi connectivity index (χ1n) is 6.29. The van der Waals surface area contributed by atoms with Gasteiger partial charge >= 0.3 is 5.97 Å². The summed E-state index contributed by atoms with van der Waals surface area (Å²) >= 11 is 0. The van der Waals surface area contributed by atoms with Crippen LogP contribution in [0.2, 0.25) is 0 Å². The van der Waals surface area contributed by atoms with Crippen molar-refractivity contribution in [1.29, 1.82) is 0 Å². The molecule has 0 aliphatic carbocycles. The van der Waals surface area contributed by atoms with E-state index in [9.17, 15) is 15.0 Å². The second-order valence-corrected chi connectivity index (χ2v) is 4.52. The Labute approximate surface area is 124 Å². The summed E-state index contributed by atoms with van der Waals surface area (Å²) in [4.78, 5) is 13.3. The lowest BCUT2D eigenvalue weighted by molar-refractivity contribution is 0.0244. The summed E-state index contributed by atoms with van der Waals surface area (Å²) < 4.78 is 0. The second-order valence-electron chi connectivity index (χ2n) is 4.52. The highest BCUT2D eigenvalue weighted by Gasteiger charge is 2.18. The second kappa shape index (κ2) is 6.72. The molecule has 0 aliphatic heterocycles. The van der Waals surface area contributed by atoms with Crippen molar-refractivity contribution in [2.24, 2.45) is 5.11 Å². The number of aliphatic hydroxyl groups excluding tert-OH is 2. The monoisotopic (exact) mass is 303 g/mol. The number of nitrogens with zero attached hydrogens (tertiary/aromatic N) is 4. The Kier molecular flexibility index (Phi) is 4.74. The molecule has 0 fully saturated rings. The largest absolute Gasteiger partial charge is 0.477 e. The molecule has 22 heavy (non-hydrogen) atoms. The summed E-state index contributed by atoms with van der Waals surface area (Å²) in [5, 5.41) is 37.9. The van der Waals surface area contributed by atoms with Gasteiger partial charge in [-0.3, -0.25) is 5.10 Å². The van der Waals surface area contributed by atoms with Crippen molar-refractivity contribution in [3.05, 3.63) is 52.0 Å². The van der Waals surface area contributed by atoms with Crippen molar-refractivity contribution < 1.29 is 20.1 Å². The van der Waals surface area contributed by atoms with Crippen molar-refractivity contribution in [3.8, 4) is 11.3 Å². The van der Waals surface area contributed by atoms with E-state index in [1.54, 1.807) is 24.3 Å². The van der Waals surface area contributed by atoms with Crippen LogP contribution in [0.15, 0.2) is 35.4 Å². The fourth-order valence-corrected chi connectivity index (χ4v) is 1.87. The quantitative estimate of drug-likeness (QED) is 0.361. The van der Waals surface area contributed by atoms with E-state index in [-0.39, 0.29) is 12.2 Å². The van der Waals surface area contributed by atoms with E-state index in [0.29, 0.717) is 16.8 Å². The lowest BCUT2D eigenvalue weighted by Gasteiger charge is -2.16. The predicted octanol–water partition coefficient (Wildman–Crippen LogP) is 1.48. The highest BCUT2D eigenvalue weighted by Crippen LogP contribution is 2.23. The van der Waals surface area contributed by atoms with Crippen LogP contribution in [0.4, 0.5) is 0 Å². The molecule has 2 aromatic rings. The molecule has 114 valence electrons. The van der Waals surface area contributed by atoms with Gasteiger partial charge in [-0.25, -0.2) is 4.79 Å². The molecular formula is C13H13N5O4. The maximum atomic E-state index is 10.8. The van der Waals surface area contributed by atoms with Crippen LogP contribution < -0.4 is 0 Å². The fourth-order valence-electron chi connectivity index (χ4n) is 1.87. The zero-order chi connectivity index (χ0) is 16.1.